The standard InChI is InChI=1S/C12H9Cl2N3O/c1-7-2-3-9(8(13)6-7)15-12(18)10-4-5-11(14)17-16-10/h2-6H,1H3,(H,15,18). The molecular formula is C12H9Cl2N3O. The zero-order valence-electron chi connectivity index (χ0n) is 9.45. The molecular weight excluding hydrogens is 273 g/mol. The minimum Gasteiger partial charge on any atom is -0.319 e. The zero-order chi connectivity index (χ0) is 13.1. The molecule has 0 bridgehead atoms. The molecule has 1 N–H and O–H groups in total. The second-order valence-electron chi connectivity index (χ2n) is 3.68. The largest absolute Gasteiger partial charge is 0.319 e. The van der Waals surface area contributed by atoms with Crippen molar-refractivity contribution in [2.24, 2.45) is 0 Å². The highest BCUT2D eigenvalue weighted by atomic mass is 35.5. The molecule has 0 spiro atoms. The van der Waals surface area contributed by atoms with Gasteiger partial charge in [0.2, 0.25) is 0 Å². The number of rotatable bonds is 2. The Kier molecular flexibility index (Phi) is 3.79. The van der Waals surface area contributed by atoms with Gasteiger partial charge in [-0.15, -0.1) is 10.2 Å². The first-order valence-corrected chi connectivity index (χ1v) is 5.88. The summed E-state index contributed by atoms with van der Waals surface area (Å²) in [6, 6.07) is 8.35. The summed E-state index contributed by atoms with van der Waals surface area (Å²) in [5.74, 6) is -0.384. The van der Waals surface area contributed by atoms with E-state index in [9.17, 15) is 4.79 Å². The van der Waals surface area contributed by atoms with Crippen LogP contribution in [0.4, 0.5) is 5.69 Å². The van der Waals surface area contributed by atoms with Crippen LogP contribution in [0.3, 0.4) is 0 Å². The number of aromatic nitrogens is 2. The van der Waals surface area contributed by atoms with Crippen LogP contribution < -0.4 is 5.32 Å². The van der Waals surface area contributed by atoms with E-state index in [1.807, 2.05) is 13.0 Å². The molecule has 2 aromatic rings. The van der Waals surface area contributed by atoms with E-state index in [-0.39, 0.29) is 16.8 Å². The Hall–Kier alpha value is -1.65. The van der Waals surface area contributed by atoms with Gasteiger partial charge >= 0.3 is 0 Å². The monoisotopic (exact) mass is 281 g/mol. The van der Waals surface area contributed by atoms with Crippen LogP contribution in [0.25, 0.3) is 0 Å². The van der Waals surface area contributed by atoms with E-state index in [0.29, 0.717) is 10.7 Å². The number of anilines is 1. The molecule has 0 aliphatic carbocycles. The number of hydrogen-bond acceptors (Lipinski definition) is 3. The highest BCUT2D eigenvalue weighted by molar-refractivity contribution is 6.34. The third kappa shape index (κ3) is 2.97. The molecule has 2 rings (SSSR count). The molecule has 18 heavy (non-hydrogen) atoms. The zero-order valence-corrected chi connectivity index (χ0v) is 11.0. The Morgan fingerprint density at radius 1 is 1.17 bits per heavy atom. The number of carbonyl (C=O) groups is 1. The van der Waals surface area contributed by atoms with Gasteiger partial charge in [0.05, 0.1) is 10.7 Å². The number of benzene rings is 1. The van der Waals surface area contributed by atoms with Crippen molar-refractivity contribution in [2.45, 2.75) is 6.92 Å². The lowest BCUT2D eigenvalue weighted by Crippen LogP contribution is -2.14. The highest BCUT2D eigenvalue weighted by Gasteiger charge is 2.10. The molecule has 0 atom stereocenters. The Morgan fingerprint density at radius 2 is 1.94 bits per heavy atom. The lowest BCUT2D eigenvalue weighted by Gasteiger charge is -2.07. The van der Waals surface area contributed by atoms with Crippen molar-refractivity contribution >= 4 is 34.8 Å². The summed E-state index contributed by atoms with van der Waals surface area (Å²) in [7, 11) is 0. The second-order valence-corrected chi connectivity index (χ2v) is 4.47. The maximum atomic E-state index is 11.8. The number of amides is 1. The van der Waals surface area contributed by atoms with Gasteiger partial charge in [-0.05, 0) is 36.8 Å². The molecule has 0 aliphatic rings. The van der Waals surface area contributed by atoms with E-state index < -0.39 is 0 Å². The fourth-order valence-corrected chi connectivity index (χ4v) is 1.73. The van der Waals surface area contributed by atoms with Gasteiger partial charge in [0, 0.05) is 0 Å². The van der Waals surface area contributed by atoms with Gasteiger partial charge in [-0.1, -0.05) is 29.3 Å². The van der Waals surface area contributed by atoms with Crippen LogP contribution in [-0.2, 0) is 0 Å². The molecule has 0 saturated carbocycles. The number of hydrogen-bond donors (Lipinski definition) is 1. The van der Waals surface area contributed by atoms with Crippen molar-refractivity contribution in [3.63, 3.8) is 0 Å². The SMILES string of the molecule is Cc1ccc(NC(=O)c2ccc(Cl)nn2)c(Cl)c1. The lowest BCUT2D eigenvalue weighted by atomic mass is 10.2. The van der Waals surface area contributed by atoms with Crippen LogP contribution in [0.2, 0.25) is 10.2 Å². The van der Waals surface area contributed by atoms with Gasteiger partial charge in [0.25, 0.3) is 5.91 Å². The molecule has 0 saturated heterocycles. The maximum absolute atomic E-state index is 11.8. The first-order chi connectivity index (χ1) is 8.56. The smallest absolute Gasteiger partial charge is 0.276 e. The fourth-order valence-electron chi connectivity index (χ4n) is 1.34. The van der Waals surface area contributed by atoms with Crippen LogP contribution in [0.5, 0.6) is 0 Å². The third-order valence-corrected chi connectivity index (χ3v) is 2.75. The average molecular weight is 282 g/mol. The lowest BCUT2D eigenvalue weighted by molar-refractivity contribution is 0.102. The van der Waals surface area contributed by atoms with E-state index in [4.69, 9.17) is 23.2 Å². The minimum absolute atomic E-state index is 0.177. The molecule has 1 heterocycles. The number of aryl methyl sites for hydroxylation is 1. The summed E-state index contributed by atoms with van der Waals surface area (Å²) in [5, 5.41) is 10.7. The number of nitrogens with one attached hydrogen (secondary N) is 1. The van der Waals surface area contributed by atoms with Crippen molar-refractivity contribution in [2.75, 3.05) is 5.32 Å². The van der Waals surface area contributed by atoms with Crippen LogP contribution in [-0.4, -0.2) is 16.1 Å². The van der Waals surface area contributed by atoms with Gasteiger partial charge in [-0.2, -0.15) is 0 Å². The first-order valence-electron chi connectivity index (χ1n) is 5.13. The van der Waals surface area contributed by atoms with E-state index >= 15 is 0 Å². The summed E-state index contributed by atoms with van der Waals surface area (Å²) in [6.45, 7) is 1.92. The summed E-state index contributed by atoms with van der Waals surface area (Å²) < 4.78 is 0. The fraction of sp³-hybridized carbons (Fsp3) is 0.0833. The predicted molar refractivity (Wildman–Crippen MR) is 71.2 cm³/mol. The van der Waals surface area contributed by atoms with Crippen LogP contribution in [0.1, 0.15) is 16.1 Å². The van der Waals surface area contributed by atoms with E-state index in [2.05, 4.69) is 15.5 Å². The van der Waals surface area contributed by atoms with Gasteiger partial charge in [0.15, 0.2) is 10.8 Å². The molecule has 0 radical (unpaired) electrons. The Morgan fingerprint density at radius 3 is 2.56 bits per heavy atom. The molecule has 1 aromatic carbocycles. The highest BCUT2D eigenvalue weighted by Crippen LogP contribution is 2.23. The molecule has 92 valence electrons. The van der Waals surface area contributed by atoms with Crippen LogP contribution >= 0.6 is 23.2 Å². The number of halogens is 2. The molecule has 1 amide bonds. The normalized spacial score (nSPS) is 10.2. The summed E-state index contributed by atoms with van der Waals surface area (Å²) in [4.78, 5) is 11.8. The Labute approximate surface area is 114 Å². The topological polar surface area (TPSA) is 54.9 Å². The molecule has 0 fully saturated rings. The number of nitrogens with zero attached hydrogens (tertiary/aromatic N) is 2. The molecule has 0 unspecified atom stereocenters. The van der Waals surface area contributed by atoms with Crippen molar-refractivity contribution in [3.05, 3.63) is 51.8 Å². The van der Waals surface area contributed by atoms with Crippen molar-refractivity contribution in [3.8, 4) is 0 Å². The van der Waals surface area contributed by atoms with Gasteiger partial charge in [-0.25, -0.2) is 0 Å². The summed E-state index contributed by atoms with van der Waals surface area (Å²) >= 11 is 11.6. The third-order valence-electron chi connectivity index (χ3n) is 2.24. The summed E-state index contributed by atoms with van der Waals surface area (Å²) in [6.07, 6.45) is 0. The number of carbonyl (C=O) groups excluding carboxylic acids is 1. The minimum atomic E-state index is -0.384. The van der Waals surface area contributed by atoms with Crippen molar-refractivity contribution < 1.29 is 4.79 Å². The van der Waals surface area contributed by atoms with Gasteiger partial charge in [0.1, 0.15) is 0 Å². The molecule has 0 aliphatic heterocycles. The quantitative estimate of drug-likeness (QED) is 0.919. The molecule has 1 aromatic heterocycles. The second kappa shape index (κ2) is 5.33. The summed E-state index contributed by atoms with van der Waals surface area (Å²) in [5.41, 5.74) is 1.73. The van der Waals surface area contributed by atoms with Crippen molar-refractivity contribution in [1.29, 1.82) is 0 Å². The van der Waals surface area contributed by atoms with Gasteiger partial charge < -0.3 is 5.32 Å². The van der Waals surface area contributed by atoms with E-state index in [0.717, 1.165) is 5.56 Å². The molecule has 4 nitrogen and oxygen atoms in total. The van der Waals surface area contributed by atoms with Gasteiger partial charge in [-0.3, -0.25) is 4.79 Å². The van der Waals surface area contributed by atoms with E-state index in [1.54, 1.807) is 12.1 Å². The maximum Gasteiger partial charge on any atom is 0.276 e. The predicted octanol–water partition coefficient (Wildman–Crippen LogP) is 3.34. The van der Waals surface area contributed by atoms with Crippen molar-refractivity contribution in [1.82, 2.24) is 10.2 Å². The average Bonchev–Trinajstić information content (AvgIpc) is 2.33. The van der Waals surface area contributed by atoms with Crippen LogP contribution in [0.15, 0.2) is 30.3 Å². The van der Waals surface area contributed by atoms with E-state index in [1.165, 1.54) is 12.1 Å². The molecule has 6 heteroatoms. The Balaban J connectivity index is 2.18. The first kappa shape index (κ1) is 12.8. The van der Waals surface area contributed by atoms with Crippen LogP contribution in [0, 0.1) is 6.92 Å². The Bertz CT molecular complexity index is 584.